The predicted octanol–water partition coefficient (Wildman–Crippen LogP) is 2.69. The molecule has 0 spiro atoms. The summed E-state index contributed by atoms with van der Waals surface area (Å²) < 4.78 is 27.4. The summed E-state index contributed by atoms with van der Waals surface area (Å²) in [5.74, 6) is 0.375. The van der Waals surface area contributed by atoms with E-state index < -0.39 is 10.0 Å². The molecule has 0 amide bonds. The van der Waals surface area contributed by atoms with Crippen molar-refractivity contribution in [3.05, 3.63) is 22.9 Å². The first-order valence-corrected chi connectivity index (χ1v) is 8.92. The highest BCUT2D eigenvalue weighted by molar-refractivity contribution is 9.10. The van der Waals surface area contributed by atoms with Crippen molar-refractivity contribution in [2.75, 3.05) is 6.54 Å². The second-order valence-electron chi connectivity index (χ2n) is 4.40. The van der Waals surface area contributed by atoms with E-state index in [0.29, 0.717) is 21.8 Å². The van der Waals surface area contributed by atoms with E-state index in [1.807, 2.05) is 0 Å². The van der Waals surface area contributed by atoms with Crippen molar-refractivity contribution in [2.24, 2.45) is 5.92 Å². The van der Waals surface area contributed by atoms with E-state index in [1.165, 1.54) is 6.20 Å². The Hall–Kier alpha value is 0.0200. The molecule has 100 valence electrons. The highest BCUT2D eigenvalue weighted by Crippen LogP contribution is 2.31. The summed E-state index contributed by atoms with van der Waals surface area (Å²) >= 11 is 6.80. The maximum absolute atomic E-state index is 12.1. The molecule has 1 fully saturated rings. The Labute approximate surface area is 124 Å². The van der Waals surface area contributed by atoms with Crippen molar-refractivity contribution in [3.8, 4) is 0 Å². The fourth-order valence-corrected chi connectivity index (χ4v) is 4.43. The molecular weight excluding hydrogens is 384 g/mol. The van der Waals surface area contributed by atoms with Gasteiger partial charge >= 0.3 is 0 Å². The number of hydrogen-bond acceptors (Lipinski definition) is 3. The van der Waals surface area contributed by atoms with Crippen LogP contribution < -0.4 is 4.72 Å². The van der Waals surface area contributed by atoms with Crippen molar-refractivity contribution in [3.63, 3.8) is 0 Å². The van der Waals surface area contributed by atoms with Gasteiger partial charge in [-0.25, -0.2) is 13.1 Å². The summed E-state index contributed by atoms with van der Waals surface area (Å²) in [4.78, 5) is 4.48. The normalized spacial score (nSPS) is 24.3. The summed E-state index contributed by atoms with van der Waals surface area (Å²) in [5, 5.41) is 0. The fraction of sp³-hybridized carbons (Fsp3) is 0.545. The molecule has 0 aliphatic heterocycles. The van der Waals surface area contributed by atoms with E-state index in [1.54, 1.807) is 12.3 Å². The van der Waals surface area contributed by atoms with Gasteiger partial charge in [0.15, 0.2) is 0 Å². The van der Waals surface area contributed by atoms with Crippen LogP contribution in [0.25, 0.3) is 0 Å². The van der Waals surface area contributed by atoms with Gasteiger partial charge in [-0.05, 0) is 40.8 Å². The monoisotopic (exact) mass is 396 g/mol. The SMILES string of the molecule is O=S(=O)(NCC1CCCC1Br)c1cncc(Br)c1. The van der Waals surface area contributed by atoms with Crippen molar-refractivity contribution in [2.45, 2.75) is 29.0 Å². The predicted molar refractivity (Wildman–Crippen MR) is 77.2 cm³/mol. The van der Waals surface area contributed by atoms with E-state index in [0.717, 1.165) is 19.3 Å². The van der Waals surface area contributed by atoms with Crippen molar-refractivity contribution < 1.29 is 8.42 Å². The number of alkyl halides is 1. The Bertz CT molecular complexity index is 522. The van der Waals surface area contributed by atoms with Gasteiger partial charge in [-0.1, -0.05) is 22.4 Å². The first-order chi connectivity index (χ1) is 8.49. The number of nitrogens with one attached hydrogen (secondary N) is 1. The largest absolute Gasteiger partial charge is 0.262 e. The van der Waals surface area contributed by atoms with Gasteiger partial charge in [-0.3, -0.25) is 4.98 Å². The van der Waals surface area contributed by atoms with Crippen LogP contribution in [0.5, 0.6) is 0 Å². The molecule has 0 aromatic carbocycles. The number of rotatable bonds is 4. The number of hydrogen-bond donors (Lipinski definition) is 1. The minimum absolute atomic E-state index is 0.195. The minimum Gasteiger partial charge on any atom is -0.262 e. The van der Waals surface area contributed by atoms with Gasteiger partial charge in [0.2, 0.25) is 10.0 Å². The zero-order valence-corrected chi connectivity index (χ0v) is 13.6. The summed E-state index contributed by atoms with van der Waals surface area (Å²) in [5.41, 5.74) is 0. The number of sulfonamides is 1. The Morgan fingerprint density at radius 2 is 2.17 bits per heavy atom. The molecule has 7 heteroatoms. The standard InChI is InChI=1S/C11H14Br2N2O2S/c12-9-4-10(7-14-6-9)18(16,17)15-5-8-2-1-3-11(8)13/h4,6-8,11,15H,1-3,5H2. The quantitative estimate of drug-likeness (QED) is 0.794. The highest BCUT2D eigenvalue weighted by atomic mass is 79.9. The van der Waals surface area contributed by atoms with Crippen LogP contribution in [0.3, 0.4) is 0 Å². The lowest BCUT2D eigenvalue weighted by Crippen LogP contribution is -2.31. The molecule has 2 unspecified atom stereocenters. The molecule has 2 atom stereocenters. The molecule has 2 rings (SSSR count). The third-order valence-electron chi connectivity index (χ3n) is 3.09. The zero-order chi connectivity index (χ0) is 13.2. The van der Waals surface area contributed by atoms with Crippen LogP contribution in [0, 0.1) is 5.92 Å². The Morgan fingerprint density at radius 1 is 1.39 bits per heavy atom. The topological polar surface area (TPSA) is 59.1 Å². The third-order valence-corrected chi connectivity index (χ3v) is 6.12. The summed E-state index contributed by atoms with van der Waals surface area (Å²) in [6, 6.07) is 1.55. The van der Waals surface area contributed by atoms with Crippen LogP contribution >= 0.6 is 31.9 Å². The molecule has 0 saturated heterocycles. The molecule has 18 heavy (non-hydrogen) atoms. The maximum Gasteiger partial charge on any atom is 0.242 e. The molecule has 1 aromatic rings. The van der Waals surface area contributed by atoms with E-state index in [4.69, 9.17) is 0 Å². The van der Waals surface area contributed by atoms with E-state index in [2.05, 4.69) is 41.6 Å². The first kappa shape index (κ1) is 14.4. The highest BCUT2D eigenvalue weighted by Gasteiger charge is 2.26. The lowest BCUT2D eigenvalue weighted by molar-refractivity contribution is 0.529. The minimum atomic E-state index is -3.46. The number of pyridine rings is 1. The summed E-state index contributed by atoms with van der Waals surface area (Å²) in [6.07, 6.45) is 6.25. The molecule has 1 aliphatic rings. The molecule has 1 aromatic heterocycles. The second kappa shape index (κ2) is 5.98. The van der Waals surface area contributed by atoms with Gasteiger partial charge in [0.1, 0.15) is 4.90 Å². The van der Waals surface area contributed by atoms with E-state index >= 15 is 0 Å². The van der Waals surface area contributed by atoms with E-state index in [9.17, 15) is 8.42 Å². The van der Waals surface area contributed by atoms with Crippen LogP contribution in [0.4, 0.5) is 0 Å². The van der Waals surface area contributed by atoms with Crippen molar-refractivity contribution in [1.29, 1.82) is 0 Å². The summed E-state index contributed by atoms with van der Waals surface area (Å²) in [6.45, 7) is 0.477. The molecule has 1 saturated carbocycles. The summed E-state index contributed by atoms with van der Waals surface area (Å²) in [7, 11) is -3.46. The van der Waals surface area contributed by atoms with Crippen LogP contribution in [-0.4, -0.2) is 24.8 Å². The second-order valence-corrected chi connectivity index (χ2v) is 8.26. The zero-order valence-electron chi connectivity index (χ0n) is 9.64. The van der Waals surface area contributed by atoms with Crippen LogP contribution in [0.15, 0.2) is 27.8 Å². The number of halogens is 2. The maximum atomic E-state index is 12.1. The molecule has 1 N–H and O–H groups in total. The Balaban J connectivity index is 2.03. The molecule has 0 radical (unpaired) electrons. The molecular formula is C11H14Br2N2O2S. The van der Waals surface area contributed by atoms with Gasteiger partial charge in [-0.15, -0.1) is 0 Å². The molecule has 0 bridgehead atoms. The van der Waals surface area contributed by atoms with Gasteiger partial charge in [-0.2, -0.15) is 0 Å². The molecule has 1 heterocycles. The van der Waals surface area contributed by atoms with E-state index in [-0.39, 0.29) is 4.90 Å². The third kappa shape index (κ3) is 3.53. The first-order valence-electron chi connectivity index (χ1n) is 5.73. The smallest absolute Gasteiger partial charge is 0.242 e. The average molecular weight is 398 g/mol. The lowest BCUT2D eigenvalue weighted by Gasteiger charge is -2.14. The Morgan fingerprint density at radius 3 is 2.78 bits per heavy atom. The molecule has 4 nitrogen and oxygen atoms in total. The van der Waals surface area contributed by atoms with Gasteiger partial charge in [0, 0.05) is 28.2 Å². The van der Waals surface area contributed by atoms with Gasteiger partial charge in [0.25, 0.3) is 0 Å². The average Bonchev–Trinajstić information content (AvgIpc) is 2.72. The van der Waals surface area contributed by atoms with Crippen molar-refractivity contribution >= 4 is 41.9 Å². The molecule has 1 aliphatic carbocycles. The van der Waals surface area contributed by atoms with Gasteiger partial charge in [0.05, 0.1) is 0 Å². The van der Waals surface area contributed by atoms with Gasteiger partial charge < -0.3 is 0 Å². The lowest BCUT2D eigenvalue weighted by atomic mass is 10.1. The Kier molecular flexibility index (Phi) is 4.80. The fourth-order valence-electron chi connectivity index (χ4n) is 2.06. The number of aromatic nitrogens is 1. The van der Waals surface area contributed by atoms with Crippen LogP contribution in [-0.2, 0) is 10.0 Å². The van der Waals surface area contributed by atoms with Crippen LogP contribution in [0.1, 0.15) is 19.3 Å². The van der Waals surface area contributed by atoms with Crippen molar-refractivity contribution in [1.82, 2.24) is 9.71 Å². The van der Waals surface area contributed by atoms with Crippen LogP contribution in [0.2, 0.25) is 0 Å². The number of nitrogens with zero attached hydrogens (tertiary/aromatic N) is 1.